The van der Waals surface area contributed by atoms with Gasteiger partial charge in [0.1, 0.15) is 5.69 Å². The first-order chi connectivity index (χ1) is 13.5. The zero-order chi connectivity index (χ0) is 21.8. The maximum Gasteiger partial charge on any atom is 0.490 e. The summed E-state index contributed by atoms with van der Waals surface area (Å²) in [5.41, 5.74) is 4.17. The van der Waals surface area contributed by atoms with Crippen molar-refractivity contribution in [3.05, 3.63) is 35.3 Å². The van der Waals surface area contributed by atoms with Crippen LogP contribution in [0.1, 0.15) is 28.0 Å². The van der Waals surface area contributed by atoms with E-state index < -0.39 is 18.1 Å². The Hall–Kier alpha value is -2.95. The topological polar surface area (TPSA) is 109 Å². The predicted octanol–water partition coefficient (Wildman–Crippen LogP) is 2.33. The van der Waals surface area contributed by atoms with E-state index >= 15 is 0 Å². The minimum atomic E-state index is -5.08. The number of hydrogen-bond acceptors (Lipinski definition) is 5. The molecule has 8 nitrogen and oxygen atoms in total. The molecule has 0 saturated heterocycles. The SMILES string of the molecule is CN(C)CCCn1nc2c(c1C(=O)O)CCc1cnccc1-2.O=C(O)C(F)(F)F. The second-order valence-electron chi connectivity index (χ2n) is 6.70. The number of halogens is 3. The number of aromatic carboxylic acids is 1. The molecule has 0 amide bonds. The number of aromatic nitrogens is 3. The first kappa shape index (κ1) is 22.3. The quantitative estimate of drug-likeness (QED) is 0.773. The van der Waals surface area contributed by atoms with Crippen LogP contribution in [0.3, 0.4) is 0 Å². The summed E-state index contributed by atoms with van der Waals surface area (Å²) in [4.78, 5) is 26.8. The molecule has 158 valence electrons. The van der Waals surface area contributed by atoms with Crippen LogP contribution in [0.15, 0.2) is 18.5 Å². The molecule has 0 atom stereocenters. The number of hydrogen-bond donors (Lipinski definition) is 2. The van der Waals surface area contributed by atoms with Crippen LogP contribution in [0.5, 0.6) is 0 Å². The number of carboxylic acid groups (broad SMARTS) is 2. The van der Waals surface area contributed by atoms with E-state index in [4.69, 9.17) is 9.90 Å². The summed E-state index contributed by atoms with van der Waals surface area (Å²) >= 11 is 0. The third kappa shape index (κ3) is 5.53. The van der Waals surface area contributed by atoms with Gasteiger partial charge in [0.25, 0.3) is 0 Å². The number of nitrogens with zero attached hydrogens (tertiary/aromatic N) is 4. The van der Waals surface area contributed by atoms with Gasteiger partial charge in [-0.3, -0.25) is 9.67 Å². The molecule has 2 aromatic heterocycles. The zero-order valence-corrected chi connectivity index (χ0v) is 15.9. The highest BCUT2D eigenvalue weighted by Gasteiger charge is 2.38. The Bertz CT molecular complexity index is 894. The van der Waals surface area contributed by atoms with Gasteiger partial charge in [-0.2, -0.15) is 18.3 Å². The highest BCUT2D eigenvalue weighted by Crippen LogP contribution is 2.34. The minimum Gasteiger partial charge on any atom is -0.477 e. The van der Waals surface area contributed by atoms with Crippen LogP contribution in [-0.4, -0.2) is 68.6 Å². The van der Waals surface area contributed by atoms with Gasteiger partial charge in [-0.1, -0.05) is 0 Å². The molecule has 2 heterocycles. The highest BCUT2D eigenvalue weighted by molar-refractivity contribution is 5.90. The van der Waals surface area contributed by atoms with Crippen molar-refractivity contribution in [1.82, 2.24) is 19.7 Å². The molecule has 0 aliphatic heterocycles. The standard InChI is InChI=1S/C16H20N4O2.C2HF3O2/c1-19(2)8-3-9-20-15(16(21)22)13-5-4-11-10-17-7-6-12(11)14(13)18-20;3-2(4,5)1(6)7/h6-7,10H,3-5,8-9H2,1-2H3,(H,21,22);(H,6,7). The maximum absolute atomic E-state index is 11.7. The van der Waals surface area contributed by atoms with Crippen LogP contribution in [0.4, 0.5) is 13.2 Å². The number of carbonyl (C=O) groups is 2. The Labute approximate surface area is 164 Å². The fraction of sp³-hybridized carbons (Fsp3) is 0.444. The van der Waals surface area contributed by atoms with Crippen LogP contribution in [-0.2, 0) is 24.2 Å². The van der Waals surface area contributed by atoms with Crippen molar-refractivity contribution in [3.8, 4) is 11.3 Å². The van der Waals surface area contributed by atoms with Crippen molar-refractivity contribution in [3.63, 3.8) is 0 Å². The number of pyridine rings is 1. The van der Waals surface area contributed by atoms with Gasteiger partial charge in [-0.25, -0.2) is 9.59 Å². The molecule has 0 radical (unpaired) electrons. The molecule has 1 aliphatic carbocycles. The lowest BCUT2D eigenvalue weighted by atomic mass is 9.90. The molecular weight excluding hydrogens is 393 g/mol. The smallest absolute Gasteiger partial charge is 0.477 e. The van der Waals surface area contributed by atoms with Gasteiger partial charge < -0.3 is 15.1 Å². The molecular formula is C18H21F3N4O4. The van der Waals surface area contributed by atoms with Crippen molar-refractivity contribution < 1.29 is 33.0 Å². The summed E-state index contributed by atoms with van der Waals surface area (Å²) in [6.07, 6.45) is 0.906. The highest BCUT2D eigenvalue weighted by atomic mass is 19.4. The van der Waals surface area contributed by atoms with E-state index in [1.807, 2.05) is 26.4 Å². The van der Waals surface area contributed by atoms with Crippen LogP contribution in [0.2, 0.25) is 0 Å². The molecule has 2 aromatic rings. The van der Waals surface area contributed by atoms with Crippen molar-refractivity contribution in [1.29, 1.82) is 0 Å². The first-order valence-corrected chi connectivity index (χ1v) is 8.73. The average molecular weight is 414 g/mol. The van der Waals surface area contributed by atoms with E-state index in [1.165, 1.54) is 0 Å². The van der Waals surface area contributed by atoms with Gasteiger partial charge in [-0.05, 0) is 51.5 Å². The fourth-order valence-electron chi connectivity index (χ4n) is 3.01. The second-order valence-corrected chi connectivity index (χ2v) is 6.70. The average Bonchev–Trinajstić information content (AvgIpc) is 3.00. The molecule has 11 heteroatoms. The molecule has 0 saturated carbocycles. The summed E-state index contributed by atoms with van der Waals surface area (Å²) in [6, 6.07) is 1.93. The van der Waals surface area contributed by atoms with E-state index in [1.54, 1.807) is 10.9 Å². The van der Waals surface area contributed by atoms with Crippen LogP contribution in [0, 0.1) is 0 Å². The van der Waals surface area contributed by atoms with Gasteiger partial charge in [-0.15, -0.1) is 0 Å². The largest absolute Gasteiger partial charge is 0.490 e. The van der Waals surface area contributed by atoms with Crippen LogP contribution >= 0.6 is 0 Å². The Morgan fingerprint density at radius 2 is 1.90 bits per heavy atom. The lowest BCUT2D eigenvalue weighted by Crippen LogP contribution is -2.21. The van der Waals surface area contributed by atoms with E-state index in [-0.39, 0.29) is 0 Å². The number of alkyl halides is 3. The van der Waals surface area contributed by atoms with Crippen molar-refractivity contribution in [2.45, 2.75) is 32.0 Å². The summed E-state index contributed by atoms with van der Waals surface area (Å²) in [5, 5.41) is 21.3. The number of fused-ring (bicyclic) bond motifs is 3. The number of carboxylic acids is 2. The van der Waals surface area contributed by atoms with E-state index in [0.717, 1.165) is 41.8 Å². The molecule has 0 fully saturated rings. The second kappa shape index (κ2) is 9.03. The summed E-state index contributed by atoms with van der Waals surface area (Å²) < 4.78 is 33.4. The molecule has 3 rings (SSSR count). The third-order valence-corrected chi connectivity index (χ3v) is 4.27. The molecule has 0 unspecified atom stereocenters. The van der Waals surface area contributed by atoms with E-state index in [9.17, 15) is 23.1 Å². The summed E-state index contributed by atoms with van der Waals surface area (Å²) in [5.74, 6) is -3.65. The van der Waals surface area contributed by atoms with Crippen molar-refractivity contribution in [2.24, 2.45) is 0 Å². The zero-order valence-electron chi connectivity index (χ0n) is 15.9. The monoisotopic (exact) mass is 414 g/mol. The molecule has 0 bridgehead atoms. The lowest BCUT2D eigenvalue weighted by molar-refractivity contribution is -0.192. The molecule has 0 spiro atoms. The van der Waals surface area contributed by atoms with Gasteiger partial charge in [0, 0.05) is 30.1 Å². The lowest BCUT2D eigenvalue weighted by Gasteiger charge is -2.14. The normalized spacial score (nSPS) is 12.6. The van der Waals surface area contributed by atoms with Crippen LogP contribution < -0.4 is 0 Å². The Morgan fingerprint density at radius 3 is 2.45 bits per heavy atom. The number of rotatable bonds is 5. The molecule has 29 heavy (non-hydrogen) atoms. The van der Waals surface area contributed by atoms with Gasteiger partial charge >= 0.3 is 18.1 Å². The number of aryl methyl sites for hydroxylation is 2. The fourth-order valence-corrected chi connectivity index (χ4v) is 3.01. The van der Waals surface area contributed by atoms with Crippen molar-refractivity contribution >= 4 is 11.9 Å². The Balaban J connectivity index is 0.000000370. The minimum absolute atomic E-state index is 0.344. The van der Waals surface area contributed by atoms with Crippen molar-refractivity contribution in [2.75, 3.05) is 20.6 Å². The first-order valence-electron chi connectivity index (χ1n) is 8.73. The third-order valence-electron chi connectivity index (χ3n) is 4.27. The molecule has 0 aromatic carbocycles. The summed E-state index contributed by atoms with van der Waals surface area (Å²) in [6.45, 7) is 1.53. The molecule has 1 aliphatic rings. The van der Waals surface area contributed by atoms with E-state index in [2.05, 4.69) is 15.0 Å². The Kier molecular flexibility index (Phi) is 6.96. The van der Waals surface area contributed by atoms with Gasteiger partial charge in [0.2, 0.25) is 0 Å². The van der Waals surface area contributed by atoms with E-state index in [0.29, 0.717) is 18.7 Å². The van der Waals surface area contributed by atoms with Crippen LogP contribution in [0.25, 0.3) is 11.3 Å². The van der Waals surface area contributed by atoms with Gasteiger partial charge in [0.05, 0.1) is 5.69 Å². The summed E-state index contributed by atoms with van der Waals surface area (Å²) in [7, 11) is 4.02. The van der Waals surface area contributed by atoms with Gasteiger partial charge in [0.15, 0.2) is 0 Å². The maximum atomic E-state index is 11.7. The molecule has 2 N–H and O–H groups in total. The number of aliphatic carboxylic acids is 1. The Morgan fingerprint density at radius 1 is 1.24 bits per heavy atom. The predicted molar refractivity (Wildman–Crippen MR) is 96.7 cm³/mol.